The van der Waals surface area contributed by atoms with Gasteiger partial charge in [-0.15, -0.1) is 11.8 Å². The molecule has 0 aliphatic heterocycles. The normalized spacial score (nSPS) is 11.8. The lowest BCUT2D eigenvalue weighted by molar-refractivity contribution is 0.0916. The van der Waals surface area contributed by atoms with Crippen molar-refractivity contribution in [1.82, 2.24) is 5.32 Å². The van der Waals surface area contributed by atoms with Gasteiger partial charge in [0.15, 0.2) is 0 Å². The molecule has 3 rings (SSSR count). The van der Waals surface area contributed by atoms with E-state index in [1.165, 1.54) is 0 Å². The van der Waals surface area contributed by atoms with Crippen molar-refractivity contribution >= 4 is 29.3 Å². The maximum absolute atomic E-state index is 12.3. The summed E-state index contributed by atoms with van der Waals surface area (Å²) in [5.74, 6) is 0.623. The summed E-state index contributed by atoms with van der Waals surface area (Å²) >= 11 is 7.61. The Bertz CT molecular complexity index is 867. The van der Waals surface area contributed by atoms with Crippen LogP contribution in [0.1, 0.15) is 27.6 Å². The van der Waals surface area contributed by atoms with Crippen molar-refractivity contribution in [2.24, 2.45) is 0 Å². The highest BCUT2D eigenvalue weighted by Gasteiger charge is 2.10. The molecule has 138 valence electrons. The number of rotatable bonds is 7. The molecule has 0 radical (unpaired) electrons. The molecule has 0 saturated heterocycles. The Kier molecular flexibility index (Phi) is 6.93. The van der Waals surface area contributed by atoms with Gasteiger partial charge in [0.2, 0.25) is 0 Å². The van der Waals surface area contributed by atoms with Crippen LogP contribution in [0, 0.1) is 0 Å². The molecule has 0 fully saturated rings. The zero-order valence-corrected chi connectivity index (χ0v) is 16.2. The Labute approximate surface area is 168 Å². The lowest BCUT2D eigenvalue weighted by Crippen LogP contribution is -2.28. The number of hydrogen-bond acceptors (Lipinski definition) is 3. The number of nitrogens with one attached hydrogen (secondary N) is 1. The van der Waals surface area contributed by atoms with Gasteiger partial charge >= 0.3 is 0 Å². The molecule has 1 amide bonds. The van der Waals surface area contributed by atoms with Crippen LogP contribution in [0.4, 0.5) is 0 Å². The van der Waals surface area contributed by atoms with Crippen molar-refractivity contribution in [1.29, 1.82) is 0 Å². The van der Waals surface area contributed by atoms with Crippen molar-refractivity contribution in [3.05, 3.63) is 101 Å². The molecular weight excluding hydrogens is 378 g/mol. The van der Waals surface area contributed by atoms with E-state index in [2.05, 4.69) is 5.32 Å². The number of halogens is 1. The number of benzene rings is 3. The van der Waals surface area contributed by atoms with Crippen LogP contribution >= 0.6 is 23.4 Å². The fraction of sp³-hybridized carbons (Fsp3) is 0.136. The molecule has 1 atom stereocenters. The first kappa shape index (κ1) is 19.5. The molecular formula is C22H20ClNO2S. The minimum Gasteiger partial charge on any atom is -0.387 e. The average molecular weight is 398 g/mol. The highest BCUT2D eigenvalue weighted by molar-refractivity contribution is 7.98. The Morgan fingerprint density at radius 2 is 1.63 bits per heavy atom. The van der Waals surface area contributed by atoms with Gasteiger partial charge in [0.1, 0.15) is 0 Å². The first-order chi connectivity index (χ1) is 13.1. The molecule has 0 aromatic heterocycles. The fourth-order valence-corrected chi connectivity index (χ4v) is 3.51. The standard InChI is InChI=1S/C22H20ClNO2S/c23-19-10-12-20(13-11-19)27-15-16-6-8-18(9-7-16)22(26)24-14-21(25)17-4-2-1-3-5-17/h1-13,21,25H,14-15H2,(H,24,26). The van der Waals surface area contributed by atoms with Crippen LogP contribution in [0.5, 0.6) is 0 Å². The molecule has 0 heterocycles. The third-order valence-corrected chi connectivity index (χ3v) is 5.41. The Morgan fingerprint density at radius 1 is 0.963 bits per heavy atom. The van der Waals surface area contributed by atoms with E-state index >= 15 is 0 Å². The van der Waals surface area contributed by atoms with Gasteiger partial charge < -0.3 is 10.4 Å². The monoisotopic (exact) mass is 397 g/mol. The van der Waals surface area contributed by atoms with E-state index in [1.807, 2.05) is 78.9 Å². The second-order valence-electron chi connectivity index (χ2n) is 6.08. The zero-order chi connectivity index (χ0) is 19.1. The number of carbonyl (C=O) groups excluding carboxylic acids is 1. The fourth-order valence-electron chi connectivity index (χ4n) is 2.53. The summed E-state index contributed by atoms with van der Waals surface area (Å²) in [6.07, 6.45) is -0.717. The summed E-state index contributed by atoms with van der Waals surface area (Å²) in [6.45, 7) is 0.178. The molecule has 5 heteroatoms. The van der Waals surface area contributed by atoms with Crippen molar-refractivity contribution in [3.63, 3.8) is 0 Å². The molecule has 1 unspecified atom stereocenters. The van der Waals surface area contributed by atoms with E-state index in [0.29, 0.717) is 5.56 Å². The average Bonchev–Trinajstić information content (AvgIpc) is 2.72. The Hall–Kier alpha value is -2.27. The molecule has 3 aromatic rings. The number of thioether (sulfide) groups is 1. The third-order valence-electron chi connectivity index (χ3n) is 4.08. The summed E-state index contributed by atoms with van der Waals surface area (Å²) in [5.41, 5.74) is 2.50. The van der Waals surface area contributed by atoms with Gasteiger partial charge in [-0.25, -0.2) is 0 Å². The summed E-state index contributed by atoms with van der Waals surface area (Å²) in [4.78, 5) is 13.4. The van der Waals surface area contributed by atoms with Crippen molar-refractivity contribution in [2.45, 2.75) is 16.8 Å². The minimum absolute atomic E-state index is 0.178. The van der Waals surface area contributed by atoms with E-state index < -0.39 is 6.10 Å². The van der Waals surface area contributed by atoms with E-state index in [-0.39, 0.29) is 12.5 Å². The topological polar surface area (TPSA) is 49.3 Å². The first-order valence-electron chi connectivity index (χ1n) is 8.60. The summed E-state index contributed by atoms with van der Waals surface area (Å²) in [6, 6.07) is 24.5. The maximum atomic E-state index is 12.3. The summed E-state index contributed by atoms with van der Waals surface area (Å²) < 4.78 is 0. The molecule has 0 saturated carbocycles. The third kappa shape index (κ3) is 5.86. The second kappa shape index (κ2) is 9.60. The first-order valence-corrected chi connectivity index (χ1v) is 9.97. The Morgan fingerprint density at radius 3 is 2.30 bits per heavy atom. The number of carbonyl (C=O) groups is 1. The van der Waals surface area contributed by atoms with Crippen LogP contribution in [0.15, 0.2) is 83.8 Å². The number of aliphatic hydroxyl groups is 1. The summed E-state index contributed by atoms with van der Waals surface area (Å²) in [5, 5.41) is 13.6. The minimum atomic E-state index is -0.717. The van der Waals surface area contributed by atoms with E-state index in [1.54, 1.807) is 11.8 Å². The van der Waals surface area contributed by atoms with Crippen molar-refractivity contribution < 1.29 is 9.90 Å². The number of aliphatic hydroxyl groups excluding tert-OH is 1. The highest BCUT2D eigenvalue weighted by Crippen LogP contribution is 2.24. The molecule has 0 aliphatic rings. The van der Waals surface area contributed by atoms with Crippen LogP contribution in [0.2, 0.25) is 5.02 Å². The van der Waals surface area contributed by atoms with Crippen LogP contribution < -0.4 is 5.32 Å². The second-order valence-corrected chi connectivity index (χ2v) is 7.56. The van der Waals surface area contributed by atoms with Crippen LogP contribution in [-0.2, 0) is 5.75 Å². The molecule has 3 nitrogen and oxygen atoms in total. The highest BCUT2D eigenvalue weighted by atomic mass is 35.5. The van der Waals surface area contributed by atoms with E-state index in [0.717, 1.165) is 26.8 Å². The van der Waals surface area contributed by atoms with Gasteiger partial charge in [-0.05, 0) is 47.5 Å². The van der Waals surface area contributed by atoms with Crippen LogP contribution in [0.3, 0.4) is 0 Å². The van der Waals surface area contributed by atoms with Gasteiger partial charge in [-0.1, -0.05) is 54.1 Å². The molecule has 0 spiro atoms. The van der Waals surface area contributed by atoms with E-state index in [4.69, 9.17) is 11.6 Å². The van der Waals surface area contributed by atoms with Gasteiger partial charge in [0.05, 0.1) is 6.10 Å². The number of amides is 1. The molecule has 2 N–H and O–H groups in total. The molecule has 0 bridgehead atoms. The van der Waals surface area contributed by atoms with Gasteiger partial charge in [0, 0.05) is 27.8 Å². The van der Waals surface area contributed by atoms with Crippen molar-refractivity contribution in [3.8, 4) is 0 Å². The molecule has 27 heavy (non-hydrogen) atoms. The lowest BCUT2D eigenvalue weighted by Gasteiger charge is -2.12. The van der Waals surface area contributed by atoms with Crippen LogP contribution in [-0.4, -0.2) is 17.6 Å². The largest absolute Gasteiger partial charge is 0.387 e. The van der Waals surface area contributed by atoms with Gasteiger partial charge in [0.25, 0.3) is 5.91 Å². The quantitative estimate of drug-likeness (QED) is 0.545. The zero-order valence-electron chi connectivity index (χ0n) is 14.6. The van der Waals surface area contributed by atoms with Gasteiger partial charge in [-0.2, -0.15) is 0 Å². The smallest absolute Gasteiger partial charge is 0.251 e. The molecule has 3 aromatic carbocycles. The predicted octanol–water partition coefficient (Wildman–Crippen LogP) is 5.10. The summed E-state index contributed by atoms with van der Waals surface area (Å²) in [7, 11) is 0. The Balaban J connectivity index is 1.50. The van der Waals surface area contributed by atoms with Gasteiger partial charge in [-0.3, -0.25) is 4.79 Å². The predicted molar refractivity (Wildman–Crippen MR) is 111 cm³/mol. The van der Waals surface area contributed by atoms with Crippen molar-refractivity contribution in [2.75, 3.05) is 6.54 Å². The SMILES string of the molecule is O=C(NCC(O)c1ccccc1)c1ccc(CSc2ccc(Cl)cc2)cc1. The maximum Gasteiger partial charge on any atom is 0.251 e. The van der Waals surface area contributed by atoms with Crippen LogP contribution in [0.25, 0.3) is 0 Å². The number of hydrogen-bond donors (Lipinski definition) is 2. The lowest BCUT2D eigenvalue weighted by atomic mass is 10.1. The molecule has 0 aliphatic carbocycles. The van der Waals surface area contributed by atoms with E-state index in [9.17, 15) is 9.90 Å².